The molecule has 0 spiro atoms. The summed E-state index contributed by atoms with van der Waals surface area (Å²) >= 11 is 6.09. The highest BCUT2D eigenvalue weighted by molar-refractivity contribution is 8.26. The van der Waals surface area contributed by atoms with Crippen molar-refractivity contribution in [3.05, 3.63) is 40.3 Å². The summed E-state index contributed by atoms with van der Waals surface area (Å²) in [6, 6.07) is 6.22. The van der Waals surface area contributed by atoms with Crippen LogP contribution in [0.1, 0.15) is 11.1 Å². The second-order valence-electron chi connectivity index (χ2n) is 4.50. The summed E-state index contributed by atoms with van der Waals surface area (Å²) < 4.78 is 0.139. The number of thioether (sulfide) groups is 1. The Hall–Kier alpha value is -1.70. The van der Waals surface area contributed by atoms with Crippen molar-refractivity contribution in [2.24, 2.45) is 0 Å². The van der Waals surface area contributed by atoms with Crippen LogP contribution in [0.15, 0.2) is 29.2 Å². The second kappa shape index (κ2) is 6.38. The average molecular weight is 323 g/mol. The van der Waals surface area contributed by atoms with Crippen molar-refractivity contribution in [3.63, 3.8) is 0 Å². The first-order valence-corrected chi connectivity index (χ1v) is 7.34. The third-order valence-corrected chi connectivity index (χ3v) is 4.26. The van der Waals surface area contributed by atoms with Crippen LogP contribution >= 0.6 is 24.0 Å². The number of aliphatic carboxylic acids is 1. The number of carbonyl (C=O) groups excluding carboxylic acids is 1. The van der Waals surface area contributed by atoms with Gasteiger partial charge in [-0.3, -0.25) is 9.69 Å². The van der Waals surface area contributed by atoms with Gasteiger partial charge in [0.15, 0.2) is 6.04 Å². The number of rotatable bonds is 4. The van der Waals surface area contributed by atoms with E-state index in [9.17, 15) is 9.59 Å². The Morgan fingerprint density at radius 2 is 2.24 bits per heavy atom. The highest BCUT2D eigenvalue weighted by Crippen LogP contribution is 2.34. The molecule has 1 aliphatic rings. The fourth-order valence-electron chi connectivity index (χ4n) is 1.93. The highest BCUT2D eigenvalue weighted by Gasteiger charge is 2.40. The van der Waals surface area contributed by atoms with Gasteiger partial charge < -0.3 is 10.2 Å². The van der Waals surface area contributed by atoms with Crippen molar-refractivity contribution in [2.45, 2.75) is 13.0 Å². The van der Waals surface area contributed by atoms with Crippen LogP contribution in [0.25, 0.3) is 6.08 Å². The minimum absolute atomic E-state index is 0.139. The van der Waals surface area contributed by atoms with Crippen LogP contribution in [0.4, 0.5) is 0 Å². The van der Waals surface area contributed by atoms with Crippen LogP contribution in [0, 0.1) is 6.92 Å². The zero-order valence-corrected chi connectivity index (χ0v) is 12.8. The number of hydrogen-bond donors (Lipinski definition) is 2. The molecule has 21 heavy (non-hydrogen) atoms. The van der Waals surface area contributed by atoms with Crippen molar-refractivity contribution in [1.29, 1.82) is 0 Å². The van der Waals surface area contributed by atoms with Crippen LogP contribution in [-0.4, -0.2) is 44.0 Å². The number of aryl methyl sites for hydroxylation is 1. The molecule has 0 bridgehead atoms. The maximum Gasteiger partial charge on any atom is 0.329 e. The molecule has 1 atom stereocenters. The largest absolute Gasteiger partial charge is 0.480 e. The summed E-state index contributed by atoms with van der Waals surface area (Å²) in [7, 11) is 0. The molecule has 1 aliphatic heterocycles. The second-order valence-corrected chi connectivity index (χ2v) is 6.18. The summed E-state index contributed by atoms with van der Waals surface area (Å²) in [6.45, 7) is 1.26. The molecule has 1 amide bonds. The molecule has 0 aromatic heterocycles. The lowest BCUT2D eigenvalue weighted by Crippen LogP contribution is -2.46. The Bertz CT molecular complexity index is 642. The van der Waals surface area contributed by atoms with E-state index in [1.165, 1.54) is 0 Å². The molecule has 1 fully saturated rings. The molecule has 0 aliphatic carbocycles. The maximum atomic E-state index is 12.3. The summed E-state index contributed by atoms with van der Waals surface area (Å²) in [5.74, 6) is -1.78. The summed E-state index contributed by atoms with van der Waals surface area (Å²) in [5.41, 5.74) is 1.89. The molecule has 0 saturated carbocycles. The lowest BCUT2D eigenvalue weighted by Gasteiger charge is -2.20. The first kappa shape index (κ1) is 15.7. The Balaban J connectivity index is 2.31. The van der Waals surface area contributed by atoms with Gasteiger partial charge >= 0.3 is 5.97 Å². The van der Waals surface area contributed by atoms with E-state index >= 15 is 0 Å². The van der Waals surface area contributed by atoms with Crippen LogP contribution in [0.3, 0.4) is 0 Å². The van der Waals surface area contributed by atoms with E-state index < -0.39 is 24.5 Å². The van der Waals surface area contributed by atoms with Gasteiger partial charge in [0, 0.05) is 0 Å². The number of carboxylic acids is 1. The zero-order valence-electron chi connectivity index (χ0n) is 11.1. The molecule has 110 valence electrons. The Morgan fingerprint density at radius 3 is 2.81 bits per heavy atom. The van der Waals surface area contributed by atoms with E-state index in [4.69, 9.17) is 22.4 Å². The number of aliphatic hydroxyl groups is 1. The molecule has 7 heteroatoms. The number of benzene rings is 1. The van der Waals surface area contributed by atoms with Crippen molar-refractivity contribution < 1.29 is 19.8 Å². The fraction of sp³-hybridized carbons (Fsp3) is 0.214. The number of amides is 1. The monoisotopic (exact) mass is 323 g/mol. The molecule has 2 N–H and O–H groups in total. The molecule has 0 unspecified atom stereocenters. The van der Waals surface area contributed by atoms with Crippen molar-refractivity contribution in [3.8, 4) is 0 Å². The smallest absolute Gasteiger partial charge is 0.329 e. The molecular formula is C14H13NO4S2. The molecule has 1 aromatic carbocycles. The average Bonchev–Trinajstić information content (AvgIpc) is 2.67. The first-order valence-electron chi connectivity index (χ1n) is 6.11. The van der Waals surface area contributed by atoms with Crippen LogP contribution < -0.4 is 0 Å². The van der Waals surface area contributed by atoms with Crippen LogP contribution in [0.5, 0.6) is 0 Å². The molecule has 1 aromatic rings. The van der Waals surface area contributed by atoms with Crippen molar-refractivity contribution in [2.75, 3.05) is 6.61 Å². The predicted octanol–water partition coefficient (Wildman–Crippen LogP) is 1.64. The van der Waals surface area contributed by atoms with Gasteiger partial charge in [-0.1, -0.05) is 53.8 Å². The number of thiocarbonyl (C=S) groups is 1. The lowest BCUT2D eigenvalue weighted by molar-refractivity contribution is -0.146. The SMILES string of the molecule is Cc1cccc(/C=C2\SC(=S)N([C@@H](CO)C(=O)O)C2=O)c1. The Morgan fingerprint density at radius 1 is 1.52 bits per heavy atom. The number of aliphatic hydroxyl groups excluding tert-OH is 1. The van der Waals surface area contributed by atoms with Crippen LogP contribution in [-0.2, 0) is 9.59 Å². The van der Waals surface area contributed by atoms with Crippen LogP contribution in [0.2, 0.25) is 0 Å². The summed E-state index contributed by atoms with van der Waals surface area (Å²) in [4.78, 5) is 24.7. The van der Waals surface area contributed by atoms with Gasteiger partial charge in [0.1, 0.15) is 4.32 Å². The van der Waals surface area contributed by atoms with Gasteiger partial charge in [0.2, 0.25) is 0 Å². The minimum atomic E-state index is -1.35. The number of nitrogens with zero attached hydrogens (tertiary/aromatic N) is 1. The van der Waals surface area contributed by atoms with Gasteiger partial charge in [0.25, 0.3) is 5.91 Å². The van der Waals surface area contributed by atoms with Gasteiger partial charge in [-0.25, -0.2) is 4.79 Å². The third kappa shape index (κ3) is 3.31. The minimum Gasteiger partial charge on any atom is -0.480 e. The highest BCUT2D eigenvalue weighted by atomic mass is 32.2. The van der Waals surface area contributed by atoms with Crippen molar-refractivity contribution >= 4 is 46.3 Å². The van der Waals surface area contributed by atoms with Gasteiger partial charge in [-0.15, -0.1) is 0 Å². The number of hydrogen-bond acceptors (Lipinski definition) is 5. The van der Waals surface area contributed by atoms with Gasteiger partial charge in [-0.05, 0) is 18.6 Å². The molecule has 1 heterocycles. The normalized spacial score (nSPS) is 18.4. The molecule has 2 rings (SSSR count). The first-order chi connectivity index (χ1) is 9.93. The third-order valence-electron chi connectivity index (χ3n) is 2.93. The zero-order chi connectivity index (χ0) is 15.6. The van der Waals surface area contributed by atoms with E-state index in [1.54, 1.807) is 6.08 Å². The Kier molecular flexibility index (Phi) is 4.76. The predicted molar refractivity (Wildman–Crippen MR) is 84.7 cm³/mol. The van der Waals surface area contributed by atoms with Crippen molar-refractivity contribution in [1.82, 2.24) is 4.90 Å². The standard InChI is InChI=1S/C14H13NO4S2/c1-8-3-2-4-9(5-8)6-11-12(17)15(14(20)21-11)10(7-16)13(18)19/h2-6,10,16H,7H2,1H3,(H,18,19)/b11-6-/t10-/m0/s1. The topological polar surface area (TPSA) is 77.8 Å². The molecule has 0 radical (unpaired) electrons. The van der Waals surface area contributed by atoms with Gasteiger partial charge in [-0.2, -0.15) is 0 Å². The van der Waals surface area contributed by atoms with E-state index in [0.717, 1.165) is 27.8 Å². The van der Waals surface area contributed by atoms with E-state index in [1.807, 2.05) is 31.2 Å². The lowest BCUT2D eigenvalue weighted by atomic mass is 10.1. The maximum absolute atomic E-state index is 12.3. The Labute approximate surface area is 131 Å². The van der Waals surface area contributed by atoms with E-state index in [-0.39, 0.29) is 4.32 Å². The fourth-order valence-corrected chi connectivity index (χ4v) is 3.29. The molecule has 5 nitrogen and oxygen atoms in total. The number of carbonyl (C=O) groups is 2. The molecular weight excluding hydrogens is 310 g/mol. The van der Waals surface area contributed by atoms with E-state index in [2.05, 4.69) is 0 Å². The summed E-state index contributed by atoms with van der Waals surface area (Å²) in [5, 5.41) is 18.2. The summed E-state index contributed by atoms with van der Waals surface area (Å²) in [6.07, 6.45) is 1.67. The van der Waals surface area contributed by atoms with E-state index in [0.29, 0.717) is 4.91 Å². The van der Waals surface area contributed by atoms with Gasteiger partial charge in [0.05, 0.1) is 11.5 Å². The number of carboxylic acid groups (broad SMARTS) is 1. The quantitative estimate of drug-likeness (QED) is 0.648. The molecule has 1 saturated heterocycles.